The van der Waals surface area contributed by atoms with Gasteiger partial charge in [-0.05, 0) is 31.5 Å². The molecule has 0 unspecified atom stereocenters. The molecule has 0 aromatic carbocycles. The van der Waals surface area contributed by atoms with E-state index in [0.717, 1.165) is 5.56 Å². The van der Waals surface area contributed by atoms with Crippen LogP contribution in [0.4, 0.5) is 0 Å². The van der Waals surface area contributed by atoms with Crippen LogP contribution in [0.1, 0.15) is 42.5 Å². The van der Waals surface area contributed by atoms with Crippen molar-refractivity contribution >= 4 is 23.2 Å². The molecule has 186 valence electrons. The first-order valence-corrected chi connectivity index (χ1v) is 12.0. The molecule has 4 aromatic rings. The van der Waals surface area contributed by atoms with Gasteiger partial charge in [0.15, 0.2) is 0 Å². The normalized spacial score (nSPS) is 11.1. The van der Waals surface area contributed by atoms with E-state index < -0.39 is 5.56 Å². The topological polar surface area (TPSA) is 92.0 Å². The molecule has 0 amide bonds. The molecule has 0 aliphatic rings. The lowest BCUT2D eigenvalue weighted by Gasteiger charge is -2.16. The van der Waals surface area contributed by atoms with Gasteiger partial charge in [0.2, 0.25) is 5.88 Å². The summed E-state index contributed by atoms with van der Waals surface area (Å²) in [6.45, 7) is 7.85. The smallest absolute Gasteiger partial charge is 0.277 e. The predicted molar refractivity (Wildman–Crippen MR) is 140 cm³/mol. The van der Waals surface area contributed by atoms with Crippen LogP contribution in [0.25, 0.3) is 17.1 Å². The van der Waals surface area contributed by atoms with E-state index in [2.05, 4.69) is 19.9 Å². The lowest BCUT2D eigenvalue weighted by Crippen LogP contribution is -2.22. The zero-order valence-electron chi connectivity index (χ0n) is 20.5. The molecule has 4 aromatic heterocycles. The molecule has 0 aliphatic carbocycles. The van der Waals surface area contributed by atoms with Crippen molar-refractivity contribution in [2.75, 3.05) is 7.11 Å². The predicted octanol–water partition coefficient (Wildman–Crippen LogP) is 5.72. The van der Waals surface area contributed by atoms with Gasteiger partial charge >= 0.3 is 0 Å². The van der Waals surface area contributed by atoms with Crippen LogP contribution in [0.2, 0.25) is 10.0 Å². The standard InChI is InChI=1S/C26H25Cl2N5O3/c1-14(2)25-30-11-15(3)24(32-25)19-10-20(18(27)12-29-19)33-16(4)9-21(23(28)26(33)34)36-13-17-7-6-8-22(31-17)35-5/h6-12,14H,13H2,1-5H3. The van der Waals surface area contributed by atoms with Crippen molar-refractivity contribution < 1.29 is 9.47 Å². The number of pyridine rings is 3. The first kappa shape index (κ1) is 25.6. The summed E-state index contributed by atoms with van der Waals surface area (Å²) in [6.07, 6.45) is 3.27. The fourth-order valence-electron chi connectivity index (χ4n) is 3.61. The maximum atomic E-state index is 13.3. The molecule has 8 nitrogen and oxygen atoms in total. The largest absolute Gasteiger partial charge is 0.485 e. The molecule has 0 atom stereocenters. The van der Waals surface area contributed by atoms with Gasteiger partial charge in [-0.25, -0.2) is 15.0 Å². The monoisotopic (exact) mass is 525 g/mol. The second-order valence-corrected chi connectivity index (χ2v) is 9.29. The summed E-state index contributed by atoms with van der Waals surface area (Å²) >= 11 is 12.9. The number of hydrogen-bond donors (Lipinski definition) is 0. The SMILES string of the molecule is COc1cccc(COc2cc(C)n(-c3cc(-c4nc(C(C)C)ncc4C)ncc3Cl)c(=O)c2Cl)n1. The first-order chi connectivity index (χ1) is 17.2. The third kappa shape index (κ3) is 5.20. The van der Waals surface area contributed by atoms with Gasteiger partial charge in [-0.2, -0.15) is 0 Å². The van der Waals surface area contributed by atoms with Crippen LogP contribution in [-0.2, 0) is 6.61 Å². The minimum atomic E-state index is -0.466. The van der Waals surface area contributed by atoms with Crippen molar-refractivity contribution in [3.05, 3.63) is 85.9 Å². The molecular formula is C26H25Cl2N5O3. The second-order valence-electron chi connectivity index (χ2n) is 8.50. The first-order valence-electron chi connectivity index (χ1n) is 11.2. The van der Waals surface area contributed by atoms with Crippen LogP contribution >= 0.6 is 23.2 Å². The average molecular weight is 526 g/mol. The van der Waals surface area contributed by atoms with E-state index in [1.54, 1.807) is 37.4 Å². The molecule has 0 saturated heterocycles. The van der Waals surface area contributed by atoms with Crippen molar-refractivity contribution in [1.82, 2.24) is 24.5 Å². The van der Waals surface area contributed by atoms with Gasteiger partial charge in [0.1, 0.15) is 23.2 Å². The molecule has 4 heterocycles. The lowest BCUT2D eigenvalue weighted by molar-refractivity contribution is 0.297. The van der Waals surface area contributed by atoms with Gasteiger partial charge in [0.25, 0.3) is 5.56 Å². The second kappa shape index (κ2) is 10.6. The highest BCUT2D eigenvalue weighted by atomic mass is 35.5. The summed E-state index contributed by atoms with van der Waals surface area (Å²) in [7, 11) is 1.54. The lowest BCUT2D eigenvalue weighted by atomic mass is 10.1. The summed E-state index contributed by atoms with van der Waals surface area (Å²) in [4.78, 5) is 31.2. The van der Waals surface area contributed by atoms with Crippen molar-refractivity contribution in [2.45, 2.75) is 40.2 Å². The van der Waals surface area contributed by atoms with Crippen molar-refractivity contribution in [1.29, 1.82) is 0 Å². The minimum Gasteiger partial charge on any atom is -0.485 e. The number of halogens is 2. The quantitative estimate of drug-likeness (QED) is 0.304. The molecule has 0 radical (unpaired) electrons. The Morgan fingerprint density at radius 3 is 2.56 bits per heavy atom. The molecule has 0 N–H and O–H groups in total. The summed E-state index contributed by atoms with van der Waals surface area (Å²) in [5, 5.41) is 0.225. The molecule has 36 heavy (non-hydrogen) atoms. The van der Waals surface area contributed by atoms with Gasteiger partial charge in [0.05, 0.1) is 34.9 Å². The molecular weight excluding hydrogens is 501 g/mol. The van der Waals surface area contributed by atoms with E-state index in [-0.39, 0.29) is 23.3 Å². The average Bonchev–Trinajstić information content (AvgIpc) is 2.87. The Hall–Kier alpha value is -3.49. The van der Waals surface area contributed by atoms with E-state index in [9.17, 15) is 4.79 Å². The number of rotatable bonds is 7. The third-order valence-corrected chi connectivity index (χ3v) is 6.13. The van der Waals surface area contributed by atoms with Gasteiger partial charge in [-0.3, -0.25) is 14.3 Å². The Bertz CT molecular complexity index is 1490. The molecule has 0 spiro atoms. The molecule has 10 heteroatoms. The van der Waals surface area contributed by atoms with Crippen LogP contribution in [0.3, 0.4) is 0 Å². The number of aromatic nitrogens is 5. The van der Waals surface area contributed by atoms with E-state index in [1.165, 1.54) is 17.9 Å². The Morgan fingerprint density at radius 2 is 1.83 bits per heavy atom. The van der Waals surface area contributed by atoms with Crippen LogP contribution in [0.5, 0.6) is 11.6 Å². The summed E-state index contributed by atoms with van der Waals surface area (Å²) in [6, 6.07) is 8.76. The van der Waals surface area contributed by atoms with Crippen molar-refractivity contribution in [3.8, 4) is 28.7 Å². The van der Waals surface area contributed by atoms with Crippen LogP contribution in [0.15, 0.2) is 47.5 Å². The van der Waals surface area contributed by atoms with Crippen molar-refractivity contribution in [2.24, 2.45) is 0 Å². The van der Waals surface area contributed by atoms with Crippen LogP contribution in [0, 0.1) is 13.8 Å². The Morgan fingerprint density at radius 1 is 1.06 bits per heavy atom. The Kier molecular flexibility index (Phi) is 7.56. The number of methoxy groups -OCH3 is 1. The summed E-state index contributed by atoms with van der Waals surface area (Å²) in [5.74, 6) is 1.58. The van der Waals surface area contributed by atoms with Gasteiger partial charge in [-0.1, -0.05) is 43.1 Å². The molecule has 0 fully saturated rings. The Labute approximate surface area is 218 Å². The zero-order valence-corrected chi connectivity index (χ0v) is 22.1. The highest BCUT2D eigenvalue weighted by Gasteiger charge is 2.18. The van der Waals surface area contributed by atoms with Crippen LogP contribution < -0.4 is 15.0 Å². The molecule has 0 bridgehead atoms. The van der Waals surface area contributed by atoms with E-state index >= 15 is 0 Å². The fraction of sp³-hybridized carbons (Fsp3) is 0.269. The zero-order chi connectivity index (χ0) is 26.0. The fourth-order valence-corrected chi connectivity index (χ4v) is 3.99. The highest BCUT2D eigenvalue weighted by Crippen LogP contribution is 2.30. The number of aryl methyl sites for hydroxylation is 2. The van der Waals surface area contributed by atoms with E-state index in [4.69, 9.17) is 32.7 Å². The Balaban J connectivity index is 1.73. The third-order valence-electron chi connectivity index (χ3n) is 5.49. The van der Waals surface area contributed by atoms with Crippen molar-refractivity contribution in [3.63, 3.8) is 0 Å². The summed E-state index contributed by atoms with van der Waals surface area (Å²) < 4.78 is 12.4. The summed E-state index contributed by atoms with van der Waals surface area (Å²) in [5.41, 5.74) is 3.30. The van der Waals surface area contributed by atoms with Gasteiger partial charge in [-0.15, -0.1) is 0 Å². The number of hydrogen-bond acceptors (Lipinski definition) is 7. The number of nitrogens with zero attached hydrogens (tertiary/aromatic N) is 5. The maximum absolute atomic E-state index is 13.3. The molecule has 0 saturated carbocycles. The highest BCUT2D eigenvalue weighted by molar-refractivity contribution is 6.33. The number of ether oxygens (including phenoxy) is 2. The minimum absolute atomic E-state index is 0.0711. The van der Waals surface area contributed by atoms with Gasteiger partial charge in [0, 0.05) is 36.1 Å². The molecule has 0 aliphatic heterocycles. The van der Waals surface area contributed by atoms with E-state index in [1.807, 2.05) is 26.8 Å². The molecule has 4 rings (SSSR count). The van der Waals surface area contributed by atoms with Gasteiger partial charge < -0.3 is 9.47 Å². The van der Waals surface area contributed by atoms with E-state index in [0.29, 0.717) is 45.2 Å². The van der Waals surface area contributed by atoms with Crippen LogP contribution in [-0.4, -0.2) is 31.6 Å². The maximum Gasteiger partial charge on any atom is 0.277 e.